The van der Waals surface area contributed by atoms with E-state index < -0.39 is 11.6 Å². The van der Waals surface area contributed by atoms with E-state index in [0.717, 1.165) is 32.0 Å². The Balaban J connectivity index is 2.17. The second-order valence-corrected chi connectivity index (χ2v) is 5.53. The Morgan fingerprint density at radius 2 is 2.16 bits per heavy atom. The van der Waals surface area contributed by atoms with Crippen molar-refractivity contribution in [2.45, 2.75) is 18.9 Å². The highest BCUT2D eigenvalue weighted by atomic mass is 32.1. The van der Waals surface area contributed by atoms with Crippen molar-refractivity contribution >= 4 is 23.3 Å². The summed E-state index contributed by atoms with van der Waals surface area (Å²) in [7, 11) is 2.05. The van der Waals surface area contributed by atoms with Crippen molar-refractivity contribution < 1.29 is 8.78 Å². The molecule has 6 heteroatoms. The molecule has 3 nitrogen and oxygen atoms in total. The van der Waals surface area contributed by atoms with Crippen molar-refractivity contribution in [1.82, 2.24) is 14.5 Å². The number of fused-ring (bicyclic) bond motifs is 1. The summed E-state index contributed by atoms with van der Waals surface area (Å²) in [5.74, 6) is -1.17. The Morgan fingerprint density at radius 3 is 2.89 bits per heavy atom. The van der Waals surface area contributed by atoms with Crippen LogP contribution < -0.4 is 0 Å². The fourth-order valence-corrected chi connectivity index (χ4v) is 3.21. The van der Waals surface area contributed by atoms with Gasteiger partial charge in [-0.15, -0.1) is 0 Å². The van der Waals surface area contributed by atoms with Crippen LogP contribution in [0.25, 0.3) is 11.0 Å². The number of aromatic nitrogens is 2. The average Bonchev–Trinajstić information content (AvgIpc) is 2.66. The van der Waals surface area contributed by atoms with Crippen LogP contribution in [0, 0.1) is 16.4 Å². The minimum Gasteiger partial charge on any atom is -0.328 e. The lowest BCUT2D eigenvalue weighted by molar-refractivity contribution is 0.214. The lowest BCUT2D eigenvalue weighted by Gasteiger charge is -2.30. The number of hydrogen-bond donors (Lipinski definition) is 1. The monoisotopic (exact) mass is 283 g/mol. The van der Waals surface area contributed by atoms with E-state index in [1.54, 1.807) is 0 Å². The van der Waals surface area contributed by atoms with Gasteiger partial charge < -0.3 is 14.5 Å². The molecule has 1 unspecified atom stereocenters. The van der Waals surface area contributed by atoms with Gasteiger partial charge in [0, 0.05) is 18.7 Å². The van der Waals surface area contributed by atoms with E-state index in [-0.39, 0.29) is 6.04 Å². The molecular weight excluding hydrogens is 268 g/mol. The SMILES string of the molecule is CN1CCCC(n2c(=S)[nH]c3c(F)cc(F)cc32)C1. The highest BCUT2D eigenvalue weighted by Crippen LogP contribution is 2.27. The van der Waals surface area contributed by atoms with Crippen LogP contribution in [-0.2, 0) is 0 Å². The third-order valence-electron chi connectivity index (χ3n) is 3.71. The predicted molar refractivity (Wildman–Crippen MR) is 72.8 cm³/mol. The minimum absolute atomic E-state index is 0.168. The van der Waals surface area contributed by atoms with Gasteiger partial charge in [0.05, 0.1) is 5.52 Å². The third-order valence-corrected chi connectivity index (χ3v) is 4.01. The van der Waals surface area contributed by atoms with E-state index in [0.29, 0.717) is 15.8 Å². The summed E-state index contributed by atoms with van der Waals surface area (Å²) in [6, 6.07) is 2.39. The van der Waals surface area contributed by atoms with Crippen LogP contribution in [0.4, 0.5) is 8.78 Å². The van der Waals surface area contributed by atoms with Crippen LogP contribution in [0.15, 0.2) is 12.1 Å². The van der Waals surface area contributed by atoms with E-state index in [1.165, 1.54) is 6.07 Å². The second kappa shape index (κ2) is 4.68. The zero-order valence-electron chi connectivity index (χ0n) is 10.6. The molecule has 0 spiro atoms. The summed E-state index contributed by atoms with van der Waals surface area (Å²) in [6.07, 6.45) is 2.04. The van der Waals surface area contributed by atoms with Crippen LogP contribution in [0.3, 0.4) is 0 Å². The molecule has 1 aromatic heterocycles. The Bertz CT molecular complexity index is 676. The zero-order chi connectivity index (χ0) is 13.6. The standard InChI is InChI=1S/C13H15F2N3S/c1-17-4-2-3-9(7-17)18-11-6-8(14)5-10(15)12(11)16-13(18)19/h5-6,9H,2-4,7H2,1H3,(H,16,19). The van der Waals surface area contributed by atoms with Crippen molar-refractivity contribution in [1.29, 1.82) is 0 Å². The molecule has 1 aliphatic heterocycles. The number of nitrogens with one attached hydrogen (secondary N) is 1. The molecule has 2 heterocycles. The molecule has 1 atom stereocenters. The van der Waals surface area contributed by atoms with Gasteiger partial charge in [-0.05, 0) is 44.7 Å². The molecule has 1 aromatic carbocycles. The van der Waals surface area contributed by atoms with Gasteiger partial charge >= 0.3 is 0 Å². The fourth-order valence-electron chi connectivity index (χ4n) is 2.86. The van der Waals surface area contributed by atoms with E-state index in [2.05, 4.69) is 9.88 Å². The molecule has 19 heavy (non-hydrogen) atoms. The third kappa shape index (κ3) is 2.19. The second-order valence-electron chi connectivity index (χ2n) is 5.14. The van der Waals surface area contributed by atoms with Crippen molar-refractivity contribution in [2.75, 3.05) is 20.1 Å². The van der Waals surface area contributed by atoms with Crippen LogP contribution in [-0.4, -0.2) is 34.6 Å². The maximum absolute atomic E-state index is 13.7. The first-order chi connectivity index (χ1) is 9.06. The van der Waals surface area contributed by atoms with Crippen molar-refractivity contribution in [3.8, 4) is 0 Å². The summed E-state index contributed by atoms with van der Waals surface area (Å²) < 4.78 is 29.5. The molecule has 0 saturated carbocycles. The largest absolute Gasteiger partial charge is 0.328 e. The molecule has 3 rings (SSSR count). The van der Waals surface area contributed by atoms with Gasteiger partial charge in [0.1, 0.15) is 11.3 Å². The van der Waals surface area contributed by atoms with Crippen LogP contribution in [0.5, 0.6) is 0 Å². The Kier molecular flexibility index (Phi) is 3.14. The lowest BCUT2D eigenvalue weighted by Crippen LogP contribution is -2.33. The van der Waals surface area contributed by atoms with Gasteiger partial charge in [0.25, 0.3) is 0 Å². The smallest absolute Gasteiger partial charge is 0.178 e. The van der Waals surface area contributed by atoms with Gasteiger partial charge in [-0.3, -0.25) is 0 Å². The number of likely N-dealkylation sites (N-methyl/N-ethyl adjacent to an activating group) is 1. The Hall–Kier alpha value is -1.27. The topological polar surface area (TPSA) is 24.0 Å². The number of piperidine rings is 1. The number of aromatic amines is 1. The van der Waals surface area contributed by atoms with Gasteiger partial charge in [-0.25, -0.2) is 8.78 Å². The van der Waals surface area contributed by atoms with Crippen LogP contribution >= 0.6 is 12.2 Å². The summed E-state index contributed by atoms with van der Waals surface area (Å²) in [5.41, 5.74) is 0.808. The Labute approximate surface area is 114 Å². The van der Waals surface area contributed by atoms with E-state index in [4.69, 9.17) is 12.2 Å². The van der Waals surface area contributed by atoms with Gasteiger partial charge in [-0.2, -0.15) is 0 Å². The highest BCUT2D eigenvalue weighted by molar-refractivity contribution is 7.71. The van der Waals surface area contributed by atoms with E-state index >= 15 is 0 Å². The van der Waals surface area contributed by atoms with E-state index in [1.807, 2.05) is 11.6 Å². The molecule has 1 N–H and O–H groups in total. The summed E-state index contributed by atoms with van der Waals surface area (Å²) in [4.78, 5) is 5.07. The lowest BCUT2D eigenvalue weighted by atomic mass is 10.1. The molecule has 1 fully saturated rings. The number of hydrogen-bond acceptors (Lipinski definition) is 2. The van der Waals surface area contributed by atoms with Crippen molar-refractivity contribution in [2.24, 2.45) is 0 Å². The predicted octanol–water partition coefficient (Wildman–Crippen LogP) is 3.24. The number of benzene rings is 1. The molecule has 1 aliphatic rings. The first-order valence-electron chi connectivity index (χ1n) is 6.34. The fraction of sp³-hybridized carbons (Fsp3) is 0.462. The summed E-state index contributed by atoms with van der Waals surface area (Å²) >= 11 is 5.28. The average molecular weight is 283 g/mol. The van der Waals surface area contributed by atoms with Crippen LogP contribution in [0.2, 0.25) is 0 Å². The number of imidazole rings is 1. The van der Waals surface area contributed by atoms with Crippen molar-refractivity contribution in [3.63, 3.8) is 0 Å². The summed E-state index contributed by atoms with van der Waals surface area (Å²) in [6.45, 7) is 1.90. The maximum Gasteiger partial charge on any atom is 0.178 e. The summed E-state index contributed by atoms with van der Waals surface area (Å²) in [5, 5.41) is 0. The van der Waals surface area contributed by atoms with Crippen LogP contribution in [0.1, 0.15) is 18.9 Å². The van der Waals surface area contributed by atoms with Gasteiger partial charge in [0.15, 0.2) is 10.6 Å². The number of nitrogens with zero attached hydrogens (tertiary/aromatic N) is 2. The number of rotatable bonds is 1. The molecular formula is C13H15F2N3S. The first-order valence-corrected chi connectivity index (χ1v) is 6.75. The number of H-pyrrole nitrogens is 1. The quantitative estimate of drug-likeness (QED) is 0.812. The Morgan fingerprint density at radius 1 is 1.37 bits per heavy atom. The molecule has 1 saturated heterocycles. The zero-order valence-corrected chi connectivity index (χ0v) is 11.4. The molecule has 0 radical (unpaired) electrons. The number of likely N-dealkylation sites (tertiary alicyclic amines) is 1. The molecule has 2 aromatic rings. The first kappa shape index (κ1) is 12.7. The van der Waals surface area contributed by atoms with E-state index in [9.17, 15) is 8.78 Å². The maximum atomic E-state index is 13.7. The molecule has 102 valence electrons. The number of halogens is 2. The minimum atomic E-state index is -0.594. The highest BCUT2D eigenvalue weighted by Gasteiger charge is 2.22. The normalized spacial score (nSPS) is 21.1. The molecule has 0 amide bonds. The molecule has 0 bridgehead atoms. The molecule has 0 aliphatic carbocycles. The van der Waals surface area contributed by atoms with Gasteiger partial charge in [-0.1, -0.05) is 0 Å². The van der Waals surface area contributed by atoms with Gasteiger partial charge in [0.2, 0.25) is 0 Å². The van der Waals surface area contributed by atoms with Crippen molar-refractivity contribution in [3.05, 3.63) is 28.5 Å².